The van der Waals surface area contributed by atoms with Crippen LogP contribution < -0.4 is 5.32 Å². The van der Waals surface area contributed by atoms with Gasteiger partial charge in [-0.1, -0.05) is 55.5 Å². The van der Waals surface area contributed by atoms with Crippen LogP contribution in [-0.4, -0.2) is 34.4 Å². The second-order valence-electron chi connectivity index (χ2n) is 8.06. The van der Waals surface area contributed by atoms with Crippen molar-refractivity contribution in [1.82, 2.24) is 14.9 Å². The van der Waals surface area contributed by atoms with Gasteiger partial charge in [-0.15, -0.1) is 0 Å². The number of rotatable bonds is 4. The summed E-state index contributed by atoms with van der Waals surface area (Å²) in [5.41, 5.74) is 4.64. The number of carbonyl (C=O) groups is 1. The molecule has 2 aromatic carbocycles. The summed E-state index contributed by atoms with van der Waals surface area (Å²) in [5.74, 6) is 0. The van der Waals surface area contributed by atoms with Crippen molar-refractivity contribution >= 4 is 17.0 Å². The molecule has 0 spiro atoms. The average molecular weight is 405 g/mol. The van der Waals surface area contributed by atoms with Crippen molar-refractivity contribution in [3.8, 4) is 0 Å². The molecule has 6 nitrogen and oxygen atoms in total. The van der Waals surface area contributed by atoms with E-state index >= 15 is 0 Å². The molecule has 0 saturated carbocycles. The van der Waals surface area contributed by atoms with Gasteiger partial charge in [-0.3, -0.25) is 4.84 Å². The van der Waals surface area contributed by atoms with E-state index in [2.05, 4.69) is 53.2 Å². The lowest BCUT2D eigenvalue weighted by atomic mass is 9.93. The van der Waals surface area contributed by atoms with Crippen LogP contribution in [0.4, 0.5) is 4.79 Å². The van der Waals surface area contributed by atoms with Crippen LogP contribution in [0.25, 0.3) is 10.9 Å². The Labute approximate surface area is 176 Å². The van der Waals surface area contributed by atoms with Gasteiger partial charge in [-0.2, -0.15) is 5.06 Å². The molecule has 3 aromatic rings. The van der Waals surface area contributed by atoms with E-state index in [0.717, 1.165) is 30.6 Å². The molecule has 1 unspecified atom stereocenters. The average Bonchev–Trinajstić information content (AvgIpc) is 3.16. The van der Waals surface area contributed by atoms with Crippen molar-refractivity contribution < 1.29 is 14.4 Å². The number of hydroxylamine groups is 2. The summed E-state index contributed by atoms with van der Waals surface area (Å²) in [7, 11) is 2.09. The standard InChI is InChI=1S/C24H27N3O3/c1-3-19-21(25-24(28)29-15-16-9-5-4-6-10-16)23-22-18(13-14-27(19)30-23)17-11-7-8-12-20(17)26(22)2/h4-12,19,21,23H,3,13-15H2,1-2H3,(H,25,28)/t19-,21-,23+/m1/s1. The molecule has 1 aromatic heterocycles. The Hall–Kier alpha value is -2.83. The molecule has 2 aliphatic rings. The summed E-state index contributed by atoms with van der Waals surface area (Å²) in [6, 6.07) is 18.1. The van der Waals surface area contributed by atoms with Gasteiger partial charge in [-0.05, 0) is 30.0 Å². The van der Waals surface area contributed by atoms with E-state index in [-0.39, 0.29) is 24.8 Å². The monoisotopic (exact) mass is 405 g/mol. The van der Waals surface area contributed by atoms with E-state index < -0.39 is 6.09 Å². The normalized spacial score (nSPS) is 25.0. The van der Waals surface area contributed by atoms with Gasteiger partial charge >= 0.3 is 6.09 Å². The quantitative estimate of drug-likeness (QED) is 0.710. The number of benzene rings is 2. The maximum Gasteiger partial charge on any atom is 0.407 e. The Bertz CT molecular complexity index is 1060. The molecular formula is C24H27N3O3. The molecule has 0 radical (unpaired) electrons. The van der Waals surface area contributed by atoms with Crippen LogP contribution in [0.5, 0.6) is 0 Å². The number of amides is 1. The summed E-state index contributed by atoms with van der Waals surface area (Å²) >= 11 is 0. The van der Waals surface area contributed by atoms with Crippen molar-refractivity contribution in [2.24, 2.45) is 7.05 Å². The lowest BCUT2D eigenvalue weighted by molar-refractivity contribution is -0.161. The Balaban J connectivity index is 1.42. The third-order valence-electron chi connectivity index (χ3n) is 6.39. The molecular weight excluding hydrogens is 378 g/mol. The summed E-state index contributed by atoms with van der Waals surface area (Å²) in [6.07, 6.45) is 1.20. The molecule has 5 rings (SSSR count). The van der Waals surface area contributed by atoms with Crippen molar-refractivity contribution in [2.75, 3.05) is 6.54 Å². The highest BCUT2D eigenvalue weighted by atomic mass is 16.7. The molecule has 4 atom stereocenters. The summed E-state index contributed by atoms with van der Waals surface area (Å²) in [6.45, 7) is 3.20. The zero-order valence-electron chi connectivity index (χ0n) is 17.4. The molecule has 3 heterocycles. The number of para-hydroxylation sites is 1. The first kappa shape index (κ1) is 19.2. The predicted octanol–water partition coefficient (Wildman–Crippen LogP) is 4.10. The van der Waals surface area contributed by atoms with Crippen LogP contribution in [0.1, 0.15) is 36.3 Å². The fraction of sp³-hybridized carbons (Fsp3) is 0.375. The predicted molar refractivity (Wildman–Crippen MR) is 115 cm³/mol. The van der Waals surface area contributed by atoms with Gasteiger partial charge in [0.1, 0.15) is 12.7 Å². The number of carbonyl (C=O) groups excluding carboxylic acids is 1. The lowest BCUT2D eigenvalue weighted by Gasteiger charge is -2.27. The molecule has 156 valence electrons. The number of fused-ring (bicyclic) bond motifs is 6. The van der Waals surface area contributed by atoms with Gasteiger partial charge in [0, 0.05) is 24.5 Å². The molecule has 1 saturated heterocycles. The fourth-order valence-corrected chi connectivity index (χ4v) is 4.98. The Kier molecular flexibility index (Phi) is 4.97. The SMILES string of the molecule is CC[C@@H]1[C@@H](NC(=O)OCc2ccccc2)[C@@H]2ON1CCc1c2n(C)c2ccccc12. The van der Waals surface area contributed by atoms with Crippen LogP contribution in [-0.2, 0) is 29.6 Å². The maximum absolute atomic E-state index is 12.7. The summed E-state index contributed by atoms with van der Waals surface area (Å²) in [4.78, 5) is 19.0. The summed E-state index contributed by atoms with van der Waals surface area (Å²) in [5, 5.41) is 6.45. The van der Waals surface area contributed by atoms with E-state index in [1.165, 1.54) is 16.5 Å². The summed E-state index contributed by atoms with van der Waals surface area (Å²) < 4.78 is 7.73. The topological polar surface area (TPSA) is 55.7 Å². The van der Waals surface area contributed by atoms with E-state index in [1.807, 2.05) is 30.3 Å². The van der Waals surface area contributed by atoms with Gasteiger partial charge in [0.05, 0.1) is 17.8 Å². The van der Waals surface area contributed by atoms with Crippen LogP contribution in [0.3, 0.4) is 0 Å². The first-order valence-electron chi connectivity index (χ1n) is 10.6. The highest BCUT2D eigenvalue weighted by molar-refractivity contribution is 5.86. The number of ether oxygens (including phenoxy) is 1. The third kappa shape index (κ3) is 3.16. The second-order valence-corrected chi connectivity index (χ2v) is 8.06. The number of aromatic nitrogens is 1. The lowest BCUT2D eigenvalue weighted by Crippen LogP contribution is -2.47. The van der Waals surface area contributed by atoms with Crippen LogP contribution >= 0.6 is 0 Å². The van der Waals surface area contributed by atoms with Gasteiger partial charge < -0.3 is 14.6 Å². The second kappa shape index (κ2) is 7.78. The molecule has 6 heteroatoms. The molecule has 1 amide bonds. The number of hydrogen-bond donors (Lipinski definition) is 1. The molecule has 30 heavy (non-hydrogen) atoms. The van der Waals surface area contributed by atoms with Crippen molar-refractivity contribution in [3.05, 3.63) is 71.4 Å². The van der Waals surface area contributed by atoms with E-state index in [0.29, 0.717) is 0 Å². The van der Waals surface area contributed by atoms with Crippen LogP contribution in [0.2, 0.25) is 0 Å². The first-order valence-corrected chi connectivity index (χ1v) is 10.6. The van der Waals surface area contributed by atoms with Crippen molar-refractivity contribution in [2.45, 2.75) is 44.6 Å². The van der Waals surface area contributed by atoms with Crippen LogP contribution in [0.15, 0.2) is 54.6 Å². The zero-order chi connectivity index (χ0) is 20.7. The van der Waals surface area contributed by atoms with Crippen LogP contribution in [0, 0.1) is 0 Å². The zero-order valence-corrected chi connectivity index (χ0v) is 17.4. The number of aryl methyl sites for hydroxylation is 1. The number of alkyl carbamates (subject to hydrolysis) is 1. The smallest absolute Gasteiger partial charge is 0.407 e. The molecule has 1 fully saturated rings. The first-order chi connectivity index (χ1) is 14.7. The van der Waals surface area contributed by atoms with Crippen molar-refractivity contribution in [3.63, 3.8) is 0 Å². The van der Waals surface area contributed by atoms with Gasteiger partial charge in [0.25, 0.3) is 0 Å². The Morgan fingerprint density at radius 2 is 1.93 bits per heavy atom. The van der Waals surface area contributed by atoms with E-state index in [1.54, 1.807) is 0 Å². The van der Waals surface area contributed by atoms with E-state index in [9.17, 15) is 4.79 Å². The van der Waals surface area contributed by atoms with Gasteiger partial charge in [0.15, 0.2) is 0 Å². The Morgan fingerprint density at radius 1 is 1.17 bits per heavy atom. The van der Waals surface area contributed by atoms with E-state index in [4.69, 9.17) is 9.57 Å². The molecule has 0 aliphatic carbocycles. The minimum atomic E-state index is -0.404. The minimum absolute atomic E-state index is 0.116. The maximum atomic E-state index is 12.7. The highest BCUT2D eigenvalue weighted by Crippen LogP contribution is 2.42. The fourth-order valence-electron chi connectivity index (χ4n) is 4.98. The largest absolute Gasteiger partial charge is 0.445 e. The number of nitrogens with one attached hydrogen (secondary N) is 1. The third-order valence-corrected chi connectivity index (χ3v) is 6.39. The van der Waals surface area contributed by atoms with Crippen molar-refractivity contribution in [1.29, 1.82) is 0 Å². The molecule has 1 N–H and O–H groups in total. The number of hydrogen-bond acceptors (Lipinski definition) is 4. The van der Waals surface area contributed by atoms with Gasteiger partial charge in [0.2, 0.25) is 0 Å². The number of nitrogens with zero attached hydrogens (tertiary/aromatic N) is 2. The Morgan fingerprint density at radius 3 is 2.73 bits per heavy atom. The highest BCUT2D eigenvalue weighted by Gasteiger charge is 2.48. The molecule has 2 bridgehead atoms. The minimum Gasteiger partial charge on any atom is -0.445 e. The van der Waals surface area contributed by atoms with Gasteiger partial charge in [-0.25, -0.2) is 4.79 Å². The molecule has 2 aliphatic heterocycles.